The number of hydrogen-bond acceptors (Lipinski definition) is 4. The van der Waals surface area contributed by atoms with E-state index in [1.54, 1.807) is 11.3 Å². The van der Waals surface area contributed by atoms with E-state index in [4.69, 9.17) is 0 Å². The van der Waals surface area contributed by atoms with Crippen LogP contribution in [0.3, 0.4) is 0 Å². The molecule has 3 nitrogen and oxygen atoms in total. The quantitative estimate of drug-likeness (QED) is 0.927. The average Bonchev–Trinajstić information content (AvgIpc) is 2.74. The van der Waals surface area contributed by atoms with Gasteiger partial charge in [-0.3, -0.25) is 0 Å². The van der Waals surface area contributed by atoms with E-state index in [0.29, 0.717) is 6.04 Å². The maximum atomic E-state index is 4.54. The SMILES string of the molecule is CCCN(c1nc(Br)cs1)C1CCCNC1. The zero-order chi connectivity index (χ0) is 11.4. The molecule has 2 rings (SSSR count). The number of nitrogens with one attached hydrogen (secondary N) is 1. The minimum atomic E-state index is 0.617. The lowest BCUT2D eigenvalue weighted by atomic mass is 10.1. The first-order chi connectivity index (χ1) is 7.81. The molecule has 16 heavy (non-hydrogen) atoms. The zero-order valence-electron chi connectivity index (χ0n) is 9.58. The highest BCUT2D eigenvalue weighted by Crippen LogP contribution is 2.27. The van der Waals surface area contributed by atoms with Crippen LogP contribution in [0.25, 0.3) is 0 Å². The Labute approximate surface area is 109 Å². The summed E-state index contributed by atoms with van der Waals surface area (Å²) in [4.78, 5) is 7.00. The Kier molecular flexibility index (Phi) is 4.61. The summed E-state index contributed by atoms with van der Waals surface area (Å²) >= 11 is 5.16. The molecule has 0 saturated carbocycles. The Morgan fingerprint density at radius 2 is 2.56 bits per heavy atom. The molecule has 1 fully saturated rings. The molecular formula is C11H18BrN3S. The molecule has 0 amide bonds. The zero-order valence-corrected chi connectivity index (χ0v) is 12.0. The van der Waals surface area contributed by atoms with Crippen LogP contribution < -0.4 is 10.2 Å². The van der Waals surface area contributed by atoms with Crippen LogP contribution in [0.4, 0.5) is 5.13 Å². The molecule has 2 heterocycles. The van der Waals surface area contributed by atoms with Crippen molar-refractivity contribution in [2.24, 2.45) is 0 Å². The number of rotatable bonds is 4. The summed E-state index contributed by atoms with van der Waals surface area (Å²) in [6.07, 6.45) is 3.73. The highest BCUT2D eigenvalue weighted by molar-refractivity contribution is 9.10. The maximum Gasteiger partial charge on any atom is 0.186 e. The molecule has 0 bridgehead atoms. The largest absolute Gasteiger partial charge is 0.344 e. The first kappa shape index (κ1) is 12.3. The highest BCUT2D eigenvalue weighted by atomic mass is 79.9. The monoisotopic (exact) mass is 303 g/mol. The number of aromatic nitrogens is 1. The lowest BCUT2D eigenvalue weighted by molar-refractivity contribution is 0.430. The minimum Gasteiger partial charge on any atom is -0.344 e. The molecule has 1 atom stereocenters. The fourth-order valence-corrected chi connectivity index (χ4v) is 3.50. The van der Waals surface area contributed by atoms with Gasteiger partial charge >= 0.3 is 0 Å². The molecule has 0 aromatic carbocycles. The van der Waals surface area contributed by atoms with E-state index in [0.717, 1.165) is 29.4 Å². The molecule has 90 valence electrons. The van der Waals surface area contributed by atoms with Crippen LogP contribution in [0, 0.1) is 0 Å². The maximum absolute atomic E-state index is 4.54. The van der Waals surface area contributed by atoms with Gasteiger partial charge in [-0.1, -0.05) is 6.92 Å². The van der Waals surface area contributed by atoms with Crippen molar-refractivity contribution < 1.29 is 0 Å². The second-order valence-electron chi connectivity index (χ2n) is 4.15. The Morgan fingerprint density at radius 3 is 3.12 bits per heavy atom. The summed E-state index contributed by atoms with van der Waals surface area (Å²) in [5.41, 5.74) is 0. The van der Waals surface area contributed by atoms with E-state index in [2.05, 4.69) is 43.4 Å². The molecule has 5 heteroatoms. The van der Waals surface area contributed by atoms with Crippen molar-refractivity contribution in [3.05, 3.63) is 9.98 Å². The third-order valence-electron chi connectivity index (χ3n) is 2.89. The van der Waals surface area contributed by atoms with Crippen LogP contribution >= 0.6 is 27.3 Å². The van der Waals surface area contributed by atoms with Gasteiger partial charge in [0.25, 0.3) is 0 Å². The van der Waals surface area contributed by atoms with Gasteiger partial charge in [0.1, 0.15) is 4.60 Å². The highest BCUT2D eigenvalue weighted by Gasteiger charge is 2.22. The second kappa shape index (κ2) is 5.98. The summed E-state index contributed by atoms with van der Waals surface area (Å²) < 4.78 is 0.956. The normalized spacial score (nSPS) is 21.0. The van der Waals surface area contributed by atoms with E-state index < -0.39 is 0 Å². The van der Waals surface area contributed by atoms with Crippen LogP contribution in [0.1, 0.15) is 26.2 Å². The smallest absolute Gasteiger partial charge is 0.186 e. The topological polar surface area (TPSA) is 28.2 Å². The van der Waals surface area contributed by atoms with Gasteiger partial charge in [0, 0.05) is 24.5 Å². The van der Waals surface area contributed by atoms with Gasteiger partial charge in [-0.15, -0.1) is 11.3 Å². The third-order valence-corrected chi connectivity index (χ3v) is 4.47. The van der Waals surface area contributed by atoms with Crippen molar-refractivity contribution in [3.8, 4) is 0 Å². The molecule has 1 N–H and O–H groups in total. The standard InChI is InChI=1S/C11H18BrN3S/c1-2-6-15(9-4-3-5-13-7-9)11-14-10(12)8-16-11/h8-9,13H,2-7H2,1H3. The first-order valence-corrected chi connectivity index (χ1v) is 7.57. The first-order valence-electron chi connectivity index (χ1n) is 5.89. The fourth-order valence-electron chi connectivity index (χ4n) is 2.15. The van der Waals surface area contributed by atoms with Crippen LogP contribution in [0.2, 0.25) is 0 Å². The number of halogens is 1. The summed E-state index contributed by atoms with van der Waals surface area (Å²) in [6.45, 7) is 5.59. The molecule has 0 spiro atoms. The van der Waals surface area contributed by atoms with Crippen LogP contribution in [0.15, 0.2) is 9.98 Å². The molecule has 1 aromatic heterocycles. The lowest BCUT2D eigenvalue weighted by Crippen LogP contribution is -2.46. The predicted molar refractivity (Wildman–Crippen MR) is 73.3 cm³/mol. The molecular weight excluding hydrogens is 286 g/mol. The Bertz CT molecular complexity index is 323. The number of piperidine rings is 1. The van der Waals surface area contributed by atoms with E-state index in [9.17, 15) is 0 Å². The molecule has 0 aliphatic carbocycles. The van der Waals surface area contributed by atoms with Crippen molar-refractivity contribution in [2.45, 2.75) is 32.2 Å². The number of nitrogens with zero attached hydrogens (tertiary/aromatic N) is 2. The fraction of sp³-hybridized carbons (Fsp3) is 0.727. The Morgan fingerprint density at radius 1 is 1.69 bits per heavy atom. The molecule has 1 unspecified atom stereocenters. The van der Waals surface area contributed by atoms with Gasteiger partial charge in [0.15, 0.2) is 5.13 Å². The van der Waals surface area contributed by atoms with E-state index >= 15 is 0 Å². The predicted octanol–water partition coefficient (Wildman–Crippen LogP) is 2.87. The van der Waals surface area contributed by atoms with Crippen molar-refractivity contribution in [1.82, 2.24) is 10.3 Å². The molecule has 0 radical (unpaired) electrons. The number of thiazole rings is 1. The van der Waals surface area contributed by atoms with E-state index in [1.165, 1.54) is 19.3 Å². The van der Waals surface area contributed by atoms with Gasteiger partial charge in [0.2, 0.25) is 0 Å². The summed E-state index contributed by atoms with van der Waals surface area (Å²) in [5, 5.41) is 6.69. The van der Waals surface area contributed by atoms with E-state index in [1.807, 2.05) is 0 Å². The van der Waals surface area contributed by atoms with Gasteiger partial charge in [-0.05, 0) is 41.7 Å². The van der Waals surface area contributed by atoms with Gasteiger partial charge < -0.3 is 10.2 Å². The average molecular weight is 304 g/mol. The Hall–Kier alpha value is -0.130. The van der Waals surface area contributed by atoms with Gasteiger partial charge in [-0.25, -0.2) is 4.98 Å². The van der Waals surface area contributed by atoms with E-state index in [-0.39, 0.29) is 0 Å². The number of anilines is 1. The van der Waals surface area contributed by atoms with Crippen LogP contribution in [0.5, 0.6) is 0 Å². The Balaban J connectivity index is 2.09. The van der Waals surface area contributed by atoms with Crippen molar-refractivity contribution in [2.75, 3.05) is 24.5 Å². The number of hydrogen-bond donors (Lipinski definition) is 1. The molecule has 1 aliphatic heterocycles. The van der Waals surface area contributed by atoms with Crippen molar-refractivity contribution in [1.29, 1.82) is 0 Å². The summed E-state index contributed by atoms with van der Waals surface area (Å²) in [6, 6.07) is 0.617. The van der Waals surface area contributed by atoms with Crippen LogP contribution in [-0.2, 0) is 0 Å². The lowest BCUT2D eigenvalue weighted by Gasteiger charge is -2.34. The molecule has 1 aliphatic rings. The van der Waals surface area contributed by atoms with Gasteiger partial charge in [0.05, 0.1) is 0 Å². The minimum absolute atomic E-state index is 0.617. The van der Waals surface area contributed by atoms with Gasteiger partial charge in [-0.2, -0.15) is 0 Å². The third kappa shape index (κ3) is 2.96. The summed E-state index contributed by atoms with van der Waals surface area (Å²) in [7, 11) is 0. The van der Waals surface area contributed by atoms with Crippen LogP contribution in [-0.4, -0.2) is 30.7 Å². The second-order valence-corrected chi connectivity index (χ2v) is 5.80. The summed E-state index contributed by atoms with van der Waals surface area (Å²) in [5.74, 6) is 0. The molecule has 1 saturated heterocycles. The van der Waals surface area contributed by atoms with Crippen molar-refractivity contribution >= 4 is 32.4 Å². The van der Waals surface area contributed by atoms with Crippen molar-refractivity contribution in [3.63, 3.8) is 0 Å². The molecule has 1 aromatic rings.